The Morgan fingerprint density at radius 3 is 2.66 bits per heavy atom. The van der Waals surface area contributed by atoms with Gasteiger partial charge in [0.05, 0.1) is 18.8 Å². The number of aliphatic hydroxyl groups excluding tert-OH is 2. The molecule has 1 heterocycles. The number of rotatable bonds is 7. The van der Waals surface area contributed by atoms with E-state index in [2.05, 4.69) is 62.7 Å². The Hall–Kier alpha value is -1.63. The second-order valence-corrected chi connectivity index (χ2v) is 15.6. The Morgan fingerprint density at radius 2 is 1.85 bits per heavy atom. The van der Waals surface area contributed by atoms with E-state index >= 15 is 0 Å². The summed E-state index contributed by atoms with van der Waals surface area (Å²) < 4.78 is 6.88. The van der Waals surface area contributed by atoms with Crippen molar-refractivity contribution in [2.75, 3.05) is 6.61 Å². The van der Waals surface area contributed by atoms with Gasteiger partial charge in [-0.2, -0.15) is 0 Å². The zero-order valence-electron chi connectivity index (χ0n) is 25.5. The van der Waals surface area contributed by atoms with E-state index in [-0.39, 0.29) is 29.1 Å². The lowest BCUT2D eigenvalue weighted by atomic mass is 9.41. The van der Waals surface area contributed by atoms with Crippen molar-refractivity contribution in [1.29, 1.82) is 0 Å². The predicted octanol–water partition coefficient (Wildman–Crippen LogP) is 7.78. The Bertz CT molecular complexity index is 1230. The summed E-state index contributed by atoms with van der Waals surface area (Å²) in [5.41, 5.74) is 1.57. The summed E-state index contributed by atoms with van der Waals surface area (Å²) in [6, 6.07) is 8.42. The van der Waals surface area contributed by atoms with Gasteiger partial charge in [0.15, 0.2) is 0 Å². The van der Waals surface area contributed by atoms with E-state index in [1.54, 1.807) is 11.3 Å². The van der Waals surface area contributed by atoms with Crippen LogP contribution in [0.3, 0.4) is 0 Å². The third kappa shape index (κ3) is 5.14. The molecular formula is C35H51NO4S. The zero-order valence-corrected chi connectivity index (χ0v) is 26.3. The molecule has 4 fully saturated rings. The summed E-state index contributed by atoms with van der Waals surface area (Å²) in [5.74, 6) is 3.33. The molecule has 5 nitrogen and oxygen atoms in total. The van der Waals surface area contributed by atoms with Crippen LogP contribution in [0.25, 0.3) is 10.1 Å². The number of ether oxygens (including phenoxy) is 1. The van der Waals surface area contributed by atoms with Gasteiger partial charge in [-0.3, -0.25) is 0 Å². The van der Waals surface area contributed by atoms with Gasteiger partial charge in [0.25, 0.3) is 0 Å². The van der Waals surface area contributed by atoms with Gasteiger partial charge >= 0.3 is 6.09 Å². The molecule has 1 aromatic heterocycles. The van der Waals surface area contributed by atoms with Gasteiger partial charge in [-0.1, -0.05) is 46.2 Å². The second kappa shape index (κ2) is 11.5. The summed E-state index contributed by atoms with van der Waals surface area (Å²) in [5, 5.41) is 28.7. The highest BCUT2D eigenvalue weighted by Crippen LogP contribution is 2.69. The Labute approximate surface area is 250 Å². The molecule has 0 saturated heterocycles. The molecule has 1 aromatic carbocycles. The van der Waals surface area contributed by atoms with E-state index in [9.17, 15) is 15.0 Å². The monoisotopic (exact) mass is 581 g/mol. The van der Waals surface area contributed by atoms with Crippen LogP contribution in [0, 0.1) is 52.3 Å². The number of carbonyl (C=O) groups excluding carboxylic acids is 1. The number of fused-ring (bicyclic) bond motifs is 6. The Balaban J connectivity index is 1.06. The number of hydrogen-bond donors (Lipinski definition) is 3. The van der Waals surface area contributed by atoms with Crippen molar-refractivity contribution in [3.63, 3.8) is 0 Å². The minimum Gasteiger partial charge on any atom is -0.450 e. The maximum absolute atomic E-state index is 12.5. The van der Waals surface area contributed by atoms with Crippen LogP contribution in [-0.4, -0.2) is 35.1 Å². The summed E-state index contributed by atoms with van der Waals surface area (Å²) in [4.78, 5) is 12.5. The lowest BCUT2D eigenvalue weighted by Crippen LogP contribution is -2.62. The topological polar surface area (TPSA) is 78.8 Å². The maximum Gasteiger partial charge on any atom is 0.407 e. The highest BCUT2D eigenvalue weighted by Gasteiger charge is 2.64. The van der Waals surface area contributed by atoms with Crippen molar-refractivity contribution in [2.45, 2.75) is 104 Å². The normalized spacial score (nSPS) is 40.8. The lowest BCUT2D eigenvalue weighted by Gasteiger charge is -2.64. The molecule has 0 bridgehead atoms. The molecule has 3 N–H and O–H groups in total. The molecule has 0 aliphatic heterocycles. The van der Waals surface area contributed by atoms with Crippen molar-refractivity contribution >= 4 is 27.5 Å². The van der Waals surface area contributed by atoms with Gasteiger partial charge in [-0.15, -0.1) is 11.3 Å². The van der Waals surface area contributed by atoms with Crippen LogP contribution in [0.15, 0.2) is 29.6 Å². The third-order valence-electron chi connectivity index (χ3n) is 12.9. The Kier molecular flexibility index (Phi) is 8.23. The molecule has 1 amide bonds. The predicted molar refractivity (Wildman–Crippen MR) is 166 cm³/mol. The van der Waals surface area contributed by atoms with Gasteiger partial charge in [0.1, 0.15) is 0 Å². The molecule has 226 valence electrons. The van der Waals surface area contributed by atoms with E-state index in [1.807, 2.05) is 0 Å². The lowest BCUT2D eigenvalue weighted by molar-refractivity contribution is -0.203. The minimum atomic E-state index is -0.337. The molecule has 3 unspecified atom stereocenters. The fourth-order valence-electron chi connectivity index (χ4n) is 10.8. The average Bonchev–Trinajstić information content (AvgIpc) is 3.56. The highest BCUT2D eigenvalue weighted by atomic mass is 32.1. The van der Waals surface area contributed by atoms with Crippen LogP contribution >= 0.6 is 11.3 Å². The number of carbonyl (C=O) groups is 1. The van der Waals surface area contributed by atoms with Gasteiger partial charge in [0.2, 0.25) is 0 Å². The van der Waals surface area contributed by atoms with Crippen molar-refractivity contribution in [1.82, 2.24) is 5.32 Å². The van der Waals surface area contributed by atoms with E-state index in [0.29, 0.717) is 54.6 Å². The summed E-state index contributed by atoms with van der Waals surface area (Å²) >= 11 is 1.72. The van der Waals surface area contributed by atoms with Gasteiger partial charge < -0.3 is 20.3 Å². The number of aliphatic hydroxyl groups is 2. The van der Waals surface area contributed by atoms with Gasteiger partial charge in [0, 0.05) is 11.2 Å². The Morgan fingerprint density at radius 1 is 1.07 bits per heavy atom. The van der Waals surface area contributed by atoms with Crippen LogP contribution in [0.4, 0.5) is 4.79 Å². The van der Waals surface area contributed by atoms with E-state index in [1.165, 1.54) is 35.8 Å². The maximum atomic E-state index is 12.5. The first-order chi connectivity index (χ1) is 19.7. The number of benzene rings is 1. The van der Waals surface area contributed by atoms with Crippen LogP contribution < -0.4 is 5.32 Å². The van der Waals surface area contributed by atoms with E-state index in [4.69, 9.17) is 4.74 Å². The number of thiophene rings is 1. The number of amides is 1. The molecule has 41 heavy (non-hydrogen) atoms. The quantitative estimate of drug-likeness (QED) is 0.312. The van der Waals surface area contributed by atoms with E-state index in [0.717, 1.165) is 37.7 Å². The van der Waals surface area contributed by atoms with Crippen molar-refractivity contribution in [3.05, 3.63) is 35.2 Å². The van der Waals surface area contributed by atoms with Crippen LogP contribution in [0.5, 0.6) is 0 Å². The van der Waals surface area contributed by atoms with Crippen molar-refractivity contribution in [2.24, 2.45) is 52.3 Å². The standard InChI is InChI=1S/C35H51NO4S/c1-5-25-29-19-24(37)10-14-35(29,4)28-11-15-34(3)26(8-9-27(34)31(28)32(25)38)21(2)12-16-40-33(39)36-20-22-6-7-23-13-17-41-30(23)18-22/h6-7,13,17-18,21,24-29,31-32,37-38H,5,8-12,14-16,19-20H2,1-4H3,(H,36,39)/t21-,24-,25-,26-,27+,28+,29?,31-,32-,34?,35?/m1/s1. The summed E-state index contributed by atoms with van der Waals surface area (Å²) in [6.45, 7) is 10.6. The molecule has 0 spiro atoms. The first kappa shape index (κ1) is 29.4. The first-order valence-corrected chi connectivity index (χ1v) is 17.3. The molecule has 6 rings (SSSR count). The first-order valence-electron chi connectivity index (χ1n) is 16.4. The molecule has 4 aliphatic carbocycles. The number of nitrogens with one attached hydrogen (secondary N) is 1. The SMILES string of the molecule is CC[C@@H]1C2C[C@H](O)CCC2(C)[C@H]2CCC3(C)[C@@H]([C@H](C)CCOC(=O)NCc4ccc5ccsc5c4)CC[C@H]3[C@H]2[C@@H]1O. The second-order valence-electron chi connectivity index (χ2n) is 14.7. The zero-order chi connectivity index (χ0) is 28.9. The fraction of sp³-hybridized carbons (Fsp3) is 0.743. The van der Waals surface area contributed by atoms with Crippen molar-refractivity contribution < 1.29 is 19.7 Å². The number of alkyl carbamates (subject to hydrolysis) is 1. The van der Waals surface area contributed by atoms with E-state index < -0.39 is 0 Å². The summed E-state index contributed by atoms with van der Waals surface area (Å²) in [7, 11) is 0. The smallest absolute Gasteiger partial charge is 0.407 e. The number of hydrogen-bond acceptors (Lipinski definition) is 5. The van der Waals surface area contributed by atoms with Crippen LogP contribution in [0.2, 0.25) is 0 Å². The summed E-state index contributed by atoms with van der Waals surface area (Å²) in [6.07, 6.45) is 8.85. The largest absolute Gasteiger partial charge is 0.450 e. The average molecular weight is 582 g/mol. The molecule has 11 atom stereocenters. The van der Waals surface area contributed by atoms with Gasteiger partial charge in [-0.25, -0.2) is 4.79 Å². The molecule has 0 radical (unpaired) electrons. The fourth-order valence-corrected chi connectivity index (χ4v) is 11.7. The van der Waals surface area contributed by atoms with Crippen molar-refractivity contribution in [3.8, 4) is 0 Å². The van der Waals surface area contributed by atoms with Gasteiger partial charge in [-0.05, 0) is 132 Å². The molecule has 2 aromatic rings. The molecule has 4 saturated carbocycles. The molecular weight excluding hydrogens is 530 g/mol. The minimum absolute atomic E-state index is 0.198. The highest BCUT2D eigenvalue weighted by molar-refractivity contribution is 7.17. The van der Waals surface area contributed by atoms with Crippen LogP contribution in [-0.2, 0) is 11.3 Å². The molecule has 6 heteroatoms. The molecule has 4 aliphatic rings. The third-order valence-corrected chi connectivity index (χ3v) is 13.8. The van der Waals surface area contributed by atoms with Crippen LogP contribution in [0.1, 0.15) is 91.0 Å².